The van der Waals surface area contributed by atoms with Gasteiger partial charge in [0.25, 0.3) is 5.91 Å². The lowest BCUT2D eigenvalue weighted by Gasteiger charge is -2.22. The van der Waals surface area contributed by atoms with Gasteiger partial charge < -0.3 is 4.90 Å². The molecule has 0 aromatic heterocycles. The van der Waals surface area contributed by atoms with Crippen LogP contribution in [0.25, 0.3) is 0 Å². The summed E-state index contributed by atoms with van der Waals surface area (Å²) in [5.41, 5.74) is 4.00. The first-order valence-corrected chi connectivity index (χ1v) is 7.46. The van der Waals surface area contributed by atoms with Gasteiger partial charge in [0, 0.05) is 22.3 Å². The van der Waals surface area contributed by atoms with E-state index in [1.807, 2.05) is 48.2 Å². The number of benzene rings is 2. The molecular formula is C17H18BrNO. The Morgan fingerprint density at radius 1 is 1.05 bits per heavy atom. The Morgan fingerprint density at radius 3 is 2.10 bits per heavy atom. The summed E-state index contributed by atoms with van der Waals surface area (Å²) in [5, 5.41) is 0. The highest BCUT2D eigenvalue weighted by molar-refractivity contribution is 9.10. The van der Waals surface area contributed by atoms with E-state index in [0.717, 1.165) is 10.2 Å². The highest BCUT2D eigenvalue weighted by atomic mass is 79.9. The van der Waals surface area contributed by atoms with Crippen LogP contribution in [0.2, 0.25) is 0 Å². The Morgan fingerprint density at radius 2 is 1.60 bits per heavy atom. The summed E-state index contributed by atoms with van der Waals surface area (Å²) in [4.78, 5) is 14.4. The zero-order valence-electron chi connectivity index (χ0n) is 12.0. The van der Waals surface area contributed by atoms with Crippen molar-refractivity contribution in [3.63, 3.8) is 0 Å². The molecule has 0 saturated carbocycles. The van der Waals surface area contributed by atoms with Crippen molar-refractivity contribution in [2.24, 2.45) is 0 Å². The largest absolute Gasteiger partial charge is 0.309 e. The number of rotatable bonds is 3. The maximum atomic E-state index is 12.6. The first-order valence-electron chi connectivity index (χ1n) is 6.67. The molecule has 2 nitrogen and oxygen atoms in total. The summed E-state index contributed by atoms with van der Waals surface area (Å²) in [7, 11) is 0. The smallest absolute Gasteiger partial charge is 0.258 e. The normalized spacial score (nSPS) is 10.4. The van der Waals surface area contributed by atoms with Gasteiger partial charge in [-0.1, -0.05) is 22.0 Å². The lowest BCUT2D eigenvalue weighted by Crippen LogP contribution is -2.30. The van der Waals surface area contributed by atoms with E-state index in [4.69, 9.17) is 0 Å². The molecule has 0 saturated heterocycles. The summed E-state index contributed by atoms with van der Waals surface area (Å²) in [6.07, 6.45) is 0. The molecule has 0 bridgehead atoms. The van der Waals surface area contributed by atoms with E-state index in [0.29, 0.717) is 12.1 Å². The molecule has 2 rings (SSSR count). The third-order valence-electron chi connectivity index (χ3n) is 3.17. The monoisotopic (exact) mass is 331 g/mol. The van der Waals surface area contributed by atoms with Crippen LogP contribution in [0.15, 0.2) is 46.9 Å². The number of amides is 1. The molecule has 2 aromatic carbocycles. The van der Waals surface area contributed by atoms with E-state index in [-0.39, 0.29) is 5.91 Å². The summed E-state index contributed by atoms with van der Waals surface area (Å²) < 4.78 is 0.975. The Balaban J connectivity index is 2.36. The molecule has 3 heteroatoms. The van der Waals surface area contributed by atoms with Crippen molar-refractivity contribution in [2.45, 2.75) is 20.8 Å². The molecule has 2 aromatic rings. The molecule has 0 heterocycles. The van der Waals surface area contributed by atoms with Crippen molar-refractivity contribution in [3.05, 3.63) is 63.6 Å². The molecular weight excluding hydrogens is 314 g/mol. The van der Waals surface area contributed by atoms with E-state index in [2.05, 4.69) is 35.8 Å². The number of aryl methyl sites for hydroxylation is 2. The van der Waals surface area contributed by atoms with Crippen LogP contribution in [0.4, 0.5) is 5.69 Å². The van der Waals surface area contributed by atoms with Gasteiger partial charge >= 0.3 is 0 Å². The lowest BCUT2D eigenvalue weighted by molar-refractivity contribution is 0.0988. The topological polar surface area (TPSA) is 20.3 Å². The second kappa shape index (κ2) is 6.23. The number of anilines is 1. The first kappa shape index (κ1) is 14.8. The fourth-order valence-corrected chi connectivity index (χ4v) is 2.56. The highest BCUT2D eigenvalue weighted by Crippen LogP contribution is 2.21. The quantitative estimate of drug-likeness (QED) is 0.795. The third kappa shape index (κ3) is 3.28. The molecule has 0 aliphatic heterocycles. The van der Waals surface area contributed by atoms with Crippen LogP contribution in [0.3, 0.4) is 0 Å². The lowest BCUT2D eigenvalue weighted by atomic mass is 10.1. The van der Waals surface area contributed by atoms with E-state index in [9.17, 15) is 4.79 Å². The molecule has 0 aliphatic carbocycles. The number of carbonyl (C=O) groups excluding carboxylic acids is 1. The average molecular weight is 332 g/mol. The van der Waals surface area contributed by atoms with Crippen LogP contribution in [-0.2, 0) is 0 Å². The Labute approximate surface area is 128 Å². The molecule has 0 radical (unpaired) electrons. The van der Waals surface area contributed by atoms with E-state index >= 15 is 0 Å². The zero-order valence-corrected chi connectivity index (χ0v) is 13.6. The minimum Gasteiger partial charge on any atom is -0.309 e. The highest BCUT2D eigenvalue weighted by Gasteiger charge is 2.16. The predicted octanol–water partition coefficient (Wildman–Crippen LogP) is 4.73. The molecule has 0 N–H and O–H groups in total. The minimum absolute atomic E-state index is 0.0324. The Kier molecular flexibility index (Phi) is 4.61. The van der Waals surface area contributed by atoms with E-state index in [1.165, 1.54) is 11.1 Å². The maximum Gasteiger partial charge on any atom is 0.258 e. The van der Waals surface area contributed by atoms with E-state index < -0.39 is 0 Å². The maximum absolute atomic E-state index is 12.6. The van der Waals surface area contributed by atoms with Crippen LogP contribution in [0, 0.1) is 13.8 Å². The predicted molar refractivity (Wildman–Crippen MR) is 87.4 cm³/mol. The summed E-state index contributed by atoms with van der Waals surface area (Å²) in [5.74, 6) is 0.0324. The number of hydrogen-bond acceptors (Lipinski definition) is 1. The number of nitrogens with zero attached hydrogens (tertiary/aromatic N) is 1. The zero-order chi connectivity index (χ0) is 14.7. The minimum atomic E-state index is 0.0324. The molecule has 104 valence electrons. The summed E-state index contributed by atoms with van der Waals surface area (Å²) in [6, 6.07) is 13.7. The fourth-order valence-electron chi connectivity index (χ4n) is 2.30. The van der Waals surface area contributed by atoms with Crippen molar-refractivity contribution in [1.82, 2.24) is 0 Å². The standard InChI is InChI=1S/C17H18BrNO/c1-4-19(16-10-12(2)9-13(3)11-16)17(20)14-5-7-15(18)8-6-14/h5-11H,4H2,1-3H3. The molecule has 0 spiro atoms. The first-order chi connectivity index (χ1) is 9.51. The summed E-state index contributed by atoms with van der Waals surface area (Å²) >= 11 is 3.39. The molecule has 0 aliphatic rings. The van der Waals surface area contributed by atoms with Crippen molar-refractivity contribution in [2.75, 3.05) is 11.4 Å². The number of carbonyl (C=O) groups is 1. The molecule has 0 atom stereocenters. The van der Waals surface area contributed by atoms with Gasteiger partial charge in [-0.05, 0) is 68.3 Å². The second-order valence-corrected chi connectivity index (χ2v) is 5.82. The molecule has 1 amide bonds. The summed E-state index contributed by atoms with van der Waals surface area (Å²) in [6.45, 7) is 6.75. The Bertz CT molecular complexity index is 599. The fraction of sp³-hybridized carbons (Fsp3) is 0.235. The van der Waals surface area contributed by atoms with Crippen molar-refractivity contribution >= 4 is 27.5 Å². The molecule has 0 fully saturated rings. The van der Waals surface area contributed by atoms with Crippen molar-refractivity contribution in [1.29, 1.82) is 0 Å². The van der Waals surface area contributed by atoms with Gasteiger partial charge in [-0.3, -0.25) is 4.79 Å². The van der Waals surface area contributed by atoms with Gasteiger partial charge in [0.15, 0.2) is 0 Å². The van der Waals surface area contributed by atoms with Gasteiger partial charge in [-0.25, -0.2) is 0 Å². The average Bonchev–Trinajstić information content (AvgIpc) is 2.39. The van der Waals surface area contributed by atoms with Crippen LogP contribution >= 0.6 is 15.9 Å². The van der Waals surface area contributed by atoms with Crippen LogP contribution in [-0.4, -0.2) is 12.5 Å². The van der Waals surface area contributed by atoms with Gasteiger partial charge in [-0.2, -0.15) is 0 Å². The third-order valence-corrected chi connectivity index (χ3v) is 3.70. The van der Waals surface area contributed by atoms with Gasteiger partial charge in [-0.15, -0.1) is 0 Å². The van der Waals surface area contributed by atoms with Crippen LogP contribution < -0.4 is 4.90 Å². The number of halogens is 1. The van der Waals surface area contributed by atoms with Gasteiger partial charge in [0.05, 0.1) is 0 Å². The van der Waals surface area contributed by atoms with Crippen molar-refractivity contribution in [3.8, 4) is 0 Å². The second-order valence-electron chi connectivity index (χ2n) is 4.90. The van der Waals surface area contributed by atoms with Crippen LogP contribution in [0.5, 0.6) is 0 Å². The van der Waals surface area contributed by atoms with Crippen LogP contribution in [0.1, 0.15) is 28.4 Å². The Hall–Kier alpha value is -1.61. The SMILES string of the molecule is CCN(C(=O)c1ccc(Br)cc1)c1cc(C)cc(C)c1. The molecule has 20 heavy (non-hydrogen) atoms. The number of hydrogen-bond donors (Lipinski definition) is 0. The van der Waals surface area contributed by atoms with Gasteiger partial charge in [0.2, 0.25) is 0 Å². The van der Waals surface area contributed by atoms with Gasteiger partial charge in [0.1, 0.15) is 0 Å². The van der Waals surface area contributed by atoms with Crippen molar-refractivity contribution < 1.29 is 4.79 Å². The molecule has 0 unspecified atom stereocenters. The van der Waals surface area contributed by atoms with E-state index in [1.54, 1.807) is 0 Å².